The fourth-order valence-corrected chi connectivity index (χ4v) is 1.67. The van der Waals surface area contributed by atoms with Gasteiger partial charge in [0.2, 0.25) is 0 Å². The van der Waals surface area contributed by atoms with Gasteiger partial charge in [0.25, 0.3) is 10.0 Å². The summed E-state index contributed by atoms with van der Waals surface area (Å²) in [5.41, 5.74) is 0.0125. The van der Waals surface area contributed by atoms with Crippen LogP contribution in [0.15, 0.2) is 29.2 Å². The molecule has 0 aliphatic carbocycles. The molecule has 0 aromatic heterocycles. The van der Waals surface area contributed by atoms with Gasteiger partial charge in [0.1, 0.15) is 0 Å². The molecule has 80 valence electrons. The fraction of sp³-hybridized carbons (Fsp3) is 0. The summed E-state index contributed by atoms with van der Waals surface area (Å²) in [4.78, 5) is 10.4. The van der Waals surface area contributed by atoms with Crippen molar-refractivity contribution in [3.63, 3.8) is 0 Å². The van der Waals surface area contributed by atoms with Gasteiger partial charge in [-0.05, 0) is 36.0 Å². The van der Waals surface area contributed by atoms with E-state index in [1.165, 1.54) is 12.1 Å². The smallest absolute Gasteiger partial charge is 1.00 e. The predicted octanol–water partition coefficient (Wildman–Crippen LogP) is -4.95. The molecular weight excluding hydrogens is 276 g/mol. The first kappa shape index (κ1) is 19.2. The molecule has 5 nitrogen and oxygen atoms in total. The van der Waals surface area contributed by atoms with Gasteiger partial charge in [-0.2, -0.15) is 0 Å². The number of benzene rings is 1. The Morgan fingerprint density at radius 3 is 2.00 bits per heavy atom. The normalized spacial score (nSPS) is 9.81. The zero-order valence-corrected chi connectivity index (χ0v) is 14.3. The first-order valence-electron chi connectivity index (χ1n) is 3.43. The number of carbonyl (C=O) groups is 1. The second-order valence-electron chi connectivity index (χ2n) is 2.41. The van der Waals surface area contributed by atoms with Crippen molar-refractivity contribution in [1.29, 1.82) is 0 Å². The van der Waals surface area contributed by atoms with Crippen molar-refractivity contribution in [3.05, 3.63) is 29.8 Å². The number of rotatable bonds is 3. The number of hydrogen-bond donors (Lipinski definition) is 2. The topological polar surface area (TPSA) is 83.5 Å². The Labute approximate surface area is 145 Å². The number of halogens is 1. The Hall–Kier alpha value is 0.890. The van der Waals surface area contributed by atoms with E-state index in [0.29, 0.717) is 0 Å². The Morgan fingerprint density at radius 2 is 1.69 bits per heavy atom. The van der Waals surface area contributed by atoms with Crippen LogP contribution in [0.5, 0.6) is 0 Å². The third kappa shape index (κ3) is 5.03. The zero-order valence-electron chi connectivity index (χ0n) is 10.8. The molecule has 0 amide bonds. The van der Waals surface area contributed by atoms with Gasteiger partial charge in [0.15, 0.2) is 0 Å². The largest absolute Gasteiger partial charge is 1.00 e. The third-order valence-corrected chi connectivity index (χ3v) is 3.22. The molecule has 0 aliphatic rings. The molecule has 1 aromatic rings. The van der Waals surface area contributed by atoms with Crippen LogP contribution in [0.2, 0.25) is 0 Å². The van der Waals surface area contributed by atoms with Crippen LogP contribution in [0.25, 0.3) is 0 Å². The number of carboxylic acid groups (broad SMARTS) is 1. The first-order valence-corrected chi connectivity index (χ1v) is 5.29. The van der Waals surface area contributed by atoms with Gasteiger partial charge < -0.3 is 7.96 Å². The van der Waals surface area contributed by atoms with Gasteiger partial charge in [-0.25, -0.2) is 13.2 Å². The molecule has 1 aromatic carbocycles. The van der Waals surface area contributed by atoms with Crippen LogP contribution in [-0.2, 0) is 10.0 Å². The molecule has 0 unspecified atom stereocenters. The number of nitrogens with one attached hydrogen (secondary N) is 1. The molecule has 2 N–H and O–H groups in total. The quantitative estimate of drug-likeness (QED) is 0.430. The van der Waals surface area contributed by atoms with Gasteiger partial charge in [0.05, 0.1) is 10.5 Å². The summed E-state index contributed by atoms with van der Waals surface area (Å²) in [6.45, 7) is 0. The van der Waals surface area contributed by atoms with Gasteiger partial charge >= 0.3 is 65.1 Å². The van der Waals surface area contributed by atoms with E-state index in [0.717, 1.165) is 12.1 Å². The van der Waals surface area contributed by atoms with E-state index in [2.05, 4.69) is 0 Å². The SMILES string of the molecule is O=C(O)c1ccc(S(=O)(=O)NCl)cc1.[H-].[H-].[Na+].[Na+]. The van der Waals surface area contributed by atoms with Crippen molar-refractivity contribution < 1.29 is 80.3 Å². The summed E-state index contributed by atoms with van der Waals surface area (Å²) < 4.78 is 23.8. The van der Waals surface area contributed by atoms with Crippen molar-refractivity contribution in [3.8, 4) is 0 Å². The second kappa shape index (κ2) is 8.07. The van der Waals surface area contributed by atoms with E-state index < -0.39 is 16.0 Å². The van der Waals surface area contributed by atoms with Crippen LogP contribution in [0.4, 0.5) is 0 Å². The molecule has 0 aliphatic heterocycles. The molecule has 0 saturated carbocycles. The molecule has 9 heteroatoms. The van der Waals surface area contributed by atoms with Crippen LogP contribution >= 0.6 is 11.8 Å². The predicted molar refractivity (Wildman–Crippen MR) is 51.8 cm³/mol. The molecular formula is C7H8ClNNa2O4S. The van der Waals surface area contributed by atoms with E-state index in [-0.39, 0.29) is 72.4 Å². The van der Waals surface area contributed by atoms with Crippen LogP contribution in [0, 0.1) is 0 Å². The minimum absolute atomic E-state index is 0. The average molecular weight is 284 g/mol. The third-order valence-electron chi connectivity index (χ3n) is 1.51. The number of carboxylic acids is 1. The standard InChI is InChI=1S/C7H6ClNO4S.2Na.2H/c8-9-14(12,13)6-3-1-5(2-4-6)7(10)11;;;;/h1-4,9H,(H,10,11);;;;/q;2*+1;2*-1. The zero-order chi connectivity index (χ0) is 10.8. The Balaban J connectivity index is -0.000000245. The Bertz CT molecular complexity index is 457. The number of hydrogen-bond acceptors (Lipinski definition) is 3. The van der Waals surface area contributed by atoms with Gasteiger partial charge in [-0.3, -0.25) is 0 Å². The molecule has 0 saturated heterocycles. The van der Waals surface area contributed by atoms with E-state index >= 15 is 0 Å². The van der Waals surface area contributed by atoms with Gasteiger partial charge in [0, 0.05) is 0 Å². The maximum atomic E-state index is 11.1. The monoisotopic (exact) mass is 283 g/mol. The van der Waals surface area contributed by atoms with Crippen LogP contribution in [0.1, 0.15) is 13.2 Å². The molecule has 0 radical (unpaired) electrons. The molecule has 0 spiro atoms. The van der Waals surface area contributed by atoms with Crippen LogP contribution in [-0.4, -0.2) is 19.5 Å². The van der Waals surface area contributed by atoms with Crippen molar-refractivity contribution in [2.75, 3.05) is 0 Å². The van der Waals surface area contributed by atoms with E-state index in [1.807, 2.05) is 0 Å². The maximum absolute atomic E-state index is 11.1. The Kier molecular flexibility index (Phi) is 9.71. The Morgan fingerprint density at radius 1 is 1.25 bits per heavy atom. The minimum atomic E-state index is -3.72. The van der Waals surface area contributed by atoms with Crippen molar-refractivity contribution >= 4 is 27.8 Å². The van der Waals surface area contributed by atoms with E-state index in [4.69, 9.17) is 16.9 Å². The second-order valence-corrected chi connectivity index (χ2v) is 4.51. The molecule has 0 bridgehead atoms. The molecule has 16 heavy (non-hydrogen) atoms. The minimum Gasteiger partial charge on any atom is -1.00 e. The van der Waals surface area contributed by atoms with Crippen molar-refractivity contribution in [2.45, 2.75) is 4.90 Å². The number of sulfonamides is 1. The van der Waals surface area contributed by atoms with Crippen LogP contribution in [0.3, 0.4) is 0 Å². The molecule has 0 atom stereocenters. The first-order chi connectivity index (χ1) is 6.47. The summed E-state index contributed by atoms with van der Waals surface area (Å²) in [6.07, 6.45) is 0. The van der Waals surface area contributed by atoms with E-state index in [9.17, 15) is 13.2 Å². The van der Waals surface area contributed by atoms with Gasteiger partial charge in [-0.15, -0.1) is 4.24 Å². The van der Waals surface area contributed by atoms with Crippen LogP contribution < -0.4 is 63.4 Å². The van der Waals surface area contributed by atoms with Crippen molar-refractivity contribution in [2.24, 2.45) is 0 Å². The fourth-order valence-electron chi connectivity index (χ4n) is 0.821. The summed E-state index contributed by atoms with van der Waals surface area (Å²) >= 11 is 4.98. The summed E-state index contributed by atoms with van der Waals surface area (Å²) in [7, 11) is -3.72. The summed E-state index contributed by atoms with van der Waals surface area (Å²) in [5.74, 6) is -1.12. The average Bonchev–Trinajstić information content (AvgIpc) is 2.18. The van der Waals surface area contributed by atoms with E-state index in [1.54, 1.807) is 4.24 Å². The van der Waals surface area contributed by atoms with Crippen molar-refractivity contribution in [1.82, 2.24) is 4.24 Å². The molecule has 1 rings (SSSR count). The summed E-state index contributed by atoms with van der Waals surface area (Å²) in [6, 6.07) is 4.69. The van der Waals surface area contributed by atoms with Gasteiger partial charge in [-0.1, -0.05) is 0 Å². The number of aromatic carboxylic acids is 1. The molecule has 0 fully saturated rings. The maximum Gasteiger partial charge on any atom is 1.00 e. The molecule has 0 heterocycles. The summed E-state index contributed by atoms with van der Waals surface area (Å²) in [5, 5.41) is 8.54.